The van der Waals surface area contributed by atoms with E-state index in [1.54, 1.807) is 30.3 Å². The molecule has 1 aliphatic carbocycles. The maximum atomic E-state index is 12.6. The number of rotatable bonds is 3. The largest absolute Gasteiger partial charge is 0.508 e. The molecule has 0 spiro atoms. The predicted molar refractivity (Wildman–Crippen MR) is 85.7 cm³/mol. The average Bonchev–Trinajstić information content (AvgIpc) is 2.57. The summed E-state index contributed by atoms with van der Waals surface area (Å²) in [5.74, 6) is -0.0910. The molecule has 0 fully saturated rings. The van der Waals surface area contributed by atoms with Gasteiger partial charge >= 0.3 is 5.97 Å². The average molecular weight is 310 g/mol. The minimum atomic E-state index is -0.362. The summed E-state index contributed by atoms with van der Waals surface area (Å²) in [6.07, 6.45) is 2.22. The Morgan fingerprint density at radius 2 is 1.96 bits per heavy atom. The van der Waals surface area contributed by atoms with Crippen LogP contribution < -0.4 is 0 Å². The van der Waals surface area contributed by atoms with Crippen LogP contribution >= 0.6 is 0 Å². The highest BCUT2D eigenvalue weighted by atomic mass is 16.5. The van der Waals surface area contributed by atoms with Crippen molar-refractivity contribution in [2.24, 2.45) is 5.92 Å². The van der Waals surface area contributed by atoms with Crippen molar-refractivity contribution < 1.29 is 19.4 Å². The first kappa shape index (κ1) is 15.3. The summed E-state index contributed by atoms with van der Waals surface area (Å²) in [6.45, 7) is 0. The van der Waals surface area contributed by atoms with E-state index < -0.39 is 0 Å². The Bertz CT molecular complexity index is 746. The van der Waals surface area contributed by atoms with Gasteiger partial charge < -0.3 is 9.84 Å². The van der Waals surface area contributed by atoms with E-state index in [0.29, 0.717) is 17.5 Å². The number of aryl methyl sites for hydroxylation is 1. The minimum Gasteiger partial charge on any atom is -0.508 e. The molecule has 0 bridgehead atoms. The molecule has 0 aliphatic heterocycles. The molecule has 118 valence electrons. The summed E-state index contributed by atoms with van der Waals surface area (Å²) in [4.78, 5) is 24.0. The van der Waals surface area contributed by atoms with Gasteiger partial charge in [-0.25, -0.2) is 4.79 Å². The number of hydrogen-bond donors (Lipinski definition) is 1. The Labute approximate surface area is 134 Å². The van der Waals surface area contributed by atoms with Gasteiger partial charge in [0.05, 0.1) is 12.7 Å². The lowest BCUT2D eigenvalue weighted by molar-refractivity contribution is 0.0600. The molecule has 0 aromatic heterocycles. The SMILES string of the molecule is COC(=O)c1ccc(CC2CCc3cc(O)ccc3C2=O)cc1. The van der Waals surface area contributed by atoms with Gasteiger partial charge in [0.2, 0.25) is 0 Å². The lowest BCUT2D eigenvalue weighted by atomic mass is 9.79. The number of phenols is 1. The molecule has 2 aromatic carbocycles. The molecule has 23 heavy (non-hydrogen) atoms. The zero-order valence-corrected chi connectivity index (χ0v) is 12.9. The van der Waals surface area contributed by atoms with Crippen molar-refractivity contribution >= 4 is 11.8 Å². The number of methoxy groups -OCH3 is 1. The van der Waals surface area contributed by atoms with Crippen molar-refractivity contribution in [2.75, 3.05) is 7.11 Å². The highest BCUT2D eigenvalue weighted by Crippen LogP contribution is 2.30. The molecule has 2 aromatic rings. The summed E-state index contributed by atoms with van der Waals surface area (Å²) in [5, 5.41) is 9.52. The maximum Gasteiger partial charge on any atom is 0.337 e. The molecule has 1 atom stereocenters. The molecule has 0 heterocycles. The molecule has 0 saturated heterocycles. The van der Waals surface area contributed by atoms with E-state index in [-0.39, 0.29) is 23.4 Å². The highest BCUT2D eigenvalue weighted by molar-refractivity contribution is 6.00. The summed E-state index contributed by atoms with van der Waals surface area (Å²) >= 11 is 0. The Hall–Kier alpha value is -2.62. The van der Waals surface area contributed by atoms with Crippen LogP contribution in [0.2, 0.25) is 0 Å². The van der Waals surface area contributed by atoms with Crippen LogP contribution in [0, 0.1) is 5.92 Å². The van der Waals surface area contributed by atoms with Crippen molar-refractivity contribution in [3.8, 4) is 5.75 Å². The van der Waals surface area contributed by atoms with E-state index in [9.17, 15) is 14.7 Å². The van der Waals surface area contributed by atoms with Crippen molar-refractivity contribution in [1.82, 2.24) is 0 Å². The Morgan fingerprint density at radius 3 is 2.65 bits per heavy atom. The van der Waals surface area contributed by atoms with Crippen LogP contribution in [0.4, 0.5) is 0 Å². The molecule has 1 N–H and O–H groups in total. The van der Waals surface area contributed by atoms with E-state index >= 15 is 0 Å². The first-order valence-corrected chi connectivity index (χ1v) is 7.62. The normalized spacial score (nSPS) is 16.7. The van der Waals surface area contributed by atoms with Gasteiger partial charge in [0, 0.05) is 11.5 Å². The van der Waals surface area contributed by atoms with Crippen LogP contribution in [0.1, 0.15) is 38.3 Å². The van der Waals surface area contributed by atoms with Crippen LogP contribution in [0.5, 0.6) is 5.75 Å². The third-order valence-corrected chi connectivity index (χ3v) is 4.34. The second-order valence-electron chi connectivity index (χ2n) is 5.83. The molecular weight excluding hydrogens is 292 g/mol. The van der Waals surface area contributed by atoms with Gasteiger partial charge in [-0.15, -0.1) is 0 Å². The molecule has 4 nitrogen and oxygen atoms in total. The maximum absolute atomic E-state index is 12.6. The fraction of sp³-hybridized carbons (Fsp3) is 0.263. The third-order valence-electron chi connectivity index (χ3n) is 4.34. The highest BCUT2D eigenvalue weighted by Gasteiger charge is 2.27. The van der Waals surface area contributed by atoms with Crippen molar-refractivity contribution in [2.45, 2.75) is 19.3 Å². The van der Waals surface area contributed by atoms with E-state index in [2.05, 4.69) is 4.74 Å². The number of hydrogen-bond acceptors (Lipinski definition) is 4. The van der Waals surface area contributed by atoms with E-state index in [0.717, 1.165) is 24.0 Å². The molecular formula is C19H18O4. The van der Waals surface area contributed by atoms with Gasteiger partial charge in [-0.3, -0.25) is 4.79 Å². The zero-order valence-electron chi connectivity index (χ0n) is 12.9. The smallest absolute Gasteiger partial charge is 0.337 e. The van der Waals surface area contributed by atoms with Crippen molar-refractivity contribution in [3.05, 3.63) is 64.7 Å². The molecule has 1 unspecified atom stereocenters. The van der Waals surface area contributed by atoms with E-state index in [1.165, 1.54) is 7.11 Å². The Morgan fingerprint density at radius 1 is 1.22 bits per heavy atom. The topological polar surface area (TPSA) is 63.6 Å². The number of carbonyl (C=O) groups is 2. The molecule has 0 radical (unpaired) electrons. The second kappa shape index (κ2) is 6.24. The molecule has 1 aliphatic rings. The monoisotopic (exact) mass is 310 g/mol. The number of ether oxygens (including phenoxy) is 1. The van der Waals surface area contributed by atoms with Gasteiger partial charge in [0.1, 0.15) is 5.75 Å². The fourth-order valence-corrected chi connectivity index (χ4v) is 3.08. The number of esters is 1. The van der Waals surface area contributed by atoms with Gasteiger partial charge in [-0.2, -0.15) is 0 Å². The quantitative estimate of drug-likeness (QED) is 0.885. The number of aromatic hydroxyl groups is 1. The number of phenolic OH excluding ortho intramolecular Hbond substituents is 1. The summed E-state index contributed by atoms with van der Waals surface area (Å²) in [7, 11) is 1.35. The predicted octanol–water partition coefficient (Wildman–Crippen LogP) is 3.17. The number of benzene rings is 2. The first-order chi connectivity index (χ1) is 11.1. The van der Waals surface area contributed by atoms with Crippen LogP contribution in [0.15, 0.2) is 42.5 Å². The zero-order chi connectivity index (χ0) is 16.4. The fourth-order valence-electron chi connectivity index (χ4n) is 3.08. The van der Waals surface area contributed by atoms with Gasteiger partial charge in [0.25, 0.3) is 0 Å². The van der Waals surface area contributed by atoms with Crippen molar-refractivity contribution in [1.29, 1.82) is 0 Å². The van der Waals surface area contributed by atoms with Crippen LogP contribution in [-0.2, 0) is 17.6 Å². The Balaban J connectivity index is 1.75. The lowest BCUT2D eigenvalue weighted by Crippen LogP contribution is -2.24. The molecule has 3 rings (SSSR count). The second-order valence-corrected chi connectivity index (χ2v) is 5.83. The standard InChI is InChI=1S/C19H18O4/c1-23-19(22)13-4-2-12(3-5-13)10-15-7-6-14-11-16(20)8-9-17(14)18(15)21/h2-5,8-9,11,15,20H,6-7,10H2,1H3. The Kier molecular flexibility index (Phi) is 4.15. The molecule has 0 amide bonds. The summed E-state index contributed by atoms with van der Waals surface area (Å²) in [6, 6.07) is 12.1. The first-order valence-electron chi connectivity index (χ1n) is 7.62. The number of fused-ring (bicyclic) bond motifs is 1. The summed E-state index contributed by atoms with van der Waals surface area (Å²) < 4.78 is 4.68. The van der Waals surface area contributed by atoms with Crippen molar-refractivity contribution in [3.63, 3.8) is 0 Å². The van der Waals surface area contributed by atoms with Gasteiger partial charge in [0.15, 0.2) is 5.78 Å². The van der Waals surface area contributed by atoms with E-state index in [4.69, 9.17) is 0 Å². The molecule has 0 saturated carbocycles. The van der Waals surface area contributed by atoms with Gasteiger partial charge in [-0.05, 0) is 60.7 Å². The molecule has 4 heteroatoms. The summed E-state index contributed by atoms with van der Waals surface area (Å²) in [5.41, 5.74) is 3.17. The van der Waals surface area contributed by atoms with Crippen LogP contribution in [0.25, 0.3) is 0 Å². The third kappa shape index (κ3) is 3.11. The van der Waals surface area contributed by atoms with Gasteiger partial charge in [-0.1, -0.05) is 12.1 Å². The number of Topliss-reactive ketones (excluding diaryl/α,β-unsaturated/α-hetero) is 1. The van der Waals surface area contributed by atoms with Crippen LogP contribution in [0.3, 0.4) is 0 Å². The van der Waals surface area contributed by atoms with E-state index in [1.807, 2.05) is 12.1 Å². The van der Waals surface area contributed by atoms with Crippen LogP contribution in [-0.4, -0.2) is 24.0 Å². The number of ketones is 1. The lowest BCUT2D eigenvalue weighted by Gasteiger charge is -2.23. The minimum absolute atomic E-state index is 0.0592. The number of carbonyl (C=O) groups excluding carboxylic acids is 2.